The summed E-state index contributed by atoms with van der Waals surface area (Å²) in [5.41, 5.74) is 3.01. The Morgan fingerprint density at radius 2 is 1.94 bits per heavy atom. The number of ether oxygens (including phenoxy) is 1. The summed E-state index contributed by atoms with van der Waals surface area (Å²) >= 11 is 1.43. The maximum Gasteiger partial charge on any atom is 0.255 e. The van der Waals surface area contributed by atoms with Gasteiger partial charge in [-0.15, -0.1) is 11.8 Å². The van der Waals surface area contributed by atoms with Crippen molar-refractivity contribution in [3.8, 4) is 5.75 Å². The number of benzene rings is 3. The zero-order valence-electron chi connectivity index (χ0n) is 17.1. The Morgan fingerprint density at radius 1 is 1.13 bits per heavy atom. The van der Waals surface area contributed by atoms with E-state index >= 15 is 0 Å². The molecule has 4 rings (SSSR count). The summed E-state index contributed by atoms with van der Waals surface area (Å²) in [6, 6.07) is 18.9. The van der Waals surface area contributed by atoms with Crippen LogP contribution >= 0.6 is 11.8 Å². The minimum absolute atomic E-state index is 0.148. The Morgan fingerprint density at radius 3 is 2.74 bits per heavy atom. The van der Waals surface area contributed by atoms with Crippen LogP contribution in [0, 0.1) is 12.7 Å². The lowest BCUT2D eigenvalue weighted by Crippen LogP contribution is -2.28. The van der Waals surface area contributed by atoms with E-state index in [9.17, 15) is 14.0 Å². The van der Waals surface area contributed by atoms with Crippen LogP contribution in [0.2, 0.25) is 0 Å². The molecular weight excluding hydrogens is 415 g/mol. The second kappa shape index (κ2) is 8.81. The first-order chi connectivity index (χ1) is 15.0. The smallest absolute Gasteiger partial charge is 0.255 e. The molecule has 0 radical (unpaired) electrons. The molecule has 0 saturated carbocycles. The fraction of sp³-hybridized carbons (Fsp3) is 0.167. The SMILES string of the molecule is COc1cccc(C(=O)Nc2cccc([C@H]3SCC(=O)N3c3cc(C)ccc3F)c2)c1. The van der Waals surface area contributed by atoms with Gasteiger partial charge in [-0.25, -0.2) is 4.39 Å². The molecule has 3 aromatic carbocycles. The van der Waals surface area contributed by atoms with E-state index in [1.807, 2.05) is 25.1 Å². The molecule has 1 saturated heterocycles. The molecule has 1 aliphatic rings. The van der Waals surface area contributed by atoms with Gasteiger partial charge in [0.05, 0.1) is 18.6 Å². The molecule has 5 nitrogen and oxygen atoms in total. The fourth-order valence-corrected chi connectivity index (χ4v) is 4.63. The average Bonchev–Trinajstić information content (AvgIpc) is 3.17. The van der Waals surface area contributed by atoms with E-state index in [2.05, 4.69) is 5.32 Å². The average molecular weight is 437 g/mol. The number of halogens is 1. The number of carbonyl (C=O) groups excluding carboxylic acids is 2. The van der Waals surface area contributed by atoms with Crippen molar-refractivity contribution in [2.75, 3.05) is 23.1 Å². The first-order valence-electron chi connectivity index (χ1n) is 9.71. The molecule has 0 aliphatic carbocycles. The van der Waals surface area contributed by atoms with Gasteiger partial charge in [0.15, 0.2) is 0 Å². The highest BCUT2D eigenvalue weighted by molar-refractivity contribution is 8.00. The minimum atomic E-state index is -0.436. The molecule has 0 aromatic heterocycles. The number of methoxy groups -OCH3 is 1. The van der Waals surface area contributed by atoms with Crippen LogP contribution in [0.5, 0.6) is 5.75 Å². The summed E-state index contributed by atoms with van der Waals surface area (Å²) in [5.74, 6) is 0.00321. The van der Waals surface area contributed by atoms with E-state index in [1.165, 1.54) is 22.7 Å². The monoisotopic (exact) mass is 436 g/mol. The van der Waals surface area contributed by atoms with Gasteiger partial charge in [0.1, 0.15) is 16.9 Å². The van der Waals surface area contributed by atoms with E-state index in [4.69, 9.17) is 4.74 Å². The summed E-state index contributed by atoms with van der Waals surface area (Å²) in [6.45, 7) is 1.86. The van der Waals surface area contributed by atoms with Crippen molar-refractivity contribution in [1.82, 2.24) is 0 Å². The third-order valence-corrected chi connectivity index (χ3v) is 6.20. The Balaban J connectivity index is 1.60. The van der Waals surface area contributed by atoms with Crippen molar-refractivity contribution in [3.05, 3.63) is 89.2 Å². The van der Waals surface area contributed by atoms with Crippen molar-refractivity contribution >= 4 is 35.0 Å². The second-order valence-electron chi connectivity index (χ2n) is 7.19. The van der Waals surface area contributed by atoms with Crippen LogP contribution in [-0.2, 0) is 4.79 Å². The molecule has 0 bridgehead atoms. The molecule has 158 valence electrons. The summed E-state index contributed by atoms with van der Waals surface area (Å²) in [7, 11) is 1.55. The van der Waals surface area contributed by atoms with Crippen LogP contribution in [-0.4, -0.2) is 24.7 Å². The van der Waals surface area contributed by atoms with Crippen LogP contribution in [0.1, 0.15) is 26.9 Å². The predicted molar refractivity (Wildman–Crippen MR) is 121 cm³/mol. The highest BCUT2D eigenvalue weighted by Gasteiger charge is 2.35. The summed E-state index contributed by atoms with van der Waals surface area (Å²) in [4.78, 5) is 26.7. The zero-order valence-corrected chi connectivity index (χ0v) is 17.9. The predicted octanol–water partition coefficient (Wildman–Crippen LogP) is 5.17. The standard InChI is InChI=1S/C24H21FN2O3S/c1-15-9-10-20(25)21(11-15)27-22(28)14-31-24(27)17-6-3-7-18(12-17)26-23(29)16-5-4-8-19(13-16)30-2/h3-13,24H,14H2,1-2H3,(H,26,29)/t24-/m1/s1. The number of hydrogen-bond donors (Lipinski definition) is 1. The van der Waals surface area contributed by atoms with Gasteiger partial charge in [-0.2, -0.15) is 0 Å². The highest BCUT2D eigenvalue weighted by atomic mass is 32.2. The molecule has 1 atom stereocenters. The van der Waals surface area contributed by atoms with Crippen molar-refractivity contribution in [2.45, 2.75) is 12.3 Å². The number of hydrogen-bond acceptors (Lipinski definition) is 4. The molecule has 7 heteroatoms. The number of amides is 2. The quantitative estimate of drug-likeness (QED) is 0.599. The number of nitrogens with zero attached hydrogens (tertiary/aromatic N) is 1. The van der Waals surface area contributed by atoms with E-state index < -0.39 is 5.82 Å². The molecule has 2 amide bonds. The number of rotatable bonds is 5. The largest absolute Gasteiger partial charge is 0.497 e. The fourth-order valence-electron chi connectivity index (χ4n) is 3.48. The van der Waals surface area contributed by atoms with E-state index in [-0.39, 0.29) is 28.6 Å². The number of aryl methyl sites for hydroxylation is 1. The lowest BCUT2D eigenvalue weighted by molar-refractivity contribution is -0.115. The molecule has 1 heterocycles. The van der Waals surface area contributed by atoms with Crippen molar-refractivity contribution in [1.29, 1.82) is 0 Å². The Kier molecular flexibility index (Phi) is 5.95. The number of carbonyl (C=O) groups is 2. The highest BCUT2D eigenvalue weighted by Crippen LogP contribution is 2.43. The maximum atomic E-state index is 14.5. The zero-order chi connectivity index (χ0) is 22.0. The first kappa shape index (κ1) is 20.9. The molecule has 1 fully saturated rings. The number of thioether (sulfide) groups is 1. The van der Waals surface area contributed by atoms with Gasteiger partial charge in [0, 0.05) is 11.3 Å². The summed E-state index contributed by atoms with van der Waals surface area (Å²) in [5, 5.41) is 2.50. The van der Waals surface area contributed by atoms with Crippen LogP contribution in [0.25, 0.3) is 0 Å². The van der Waals surface area contributed by atoms with Gasteiger partial charge in [-0.3, -0.25) is 14.5 Å². The Hall–Kier alpha value is -3.32. The van der Waals surface area contributed by atoms with Gasteiger partial charge in [0.25, 0.3) is 5.91 Å². The Labute approximate surface area is 184 Å². The third-order valence-electron chi connectivity index (χ3n) is 4.99. The minimum Gasteiger partial charge on any atom is -0.497 e. The van der Waals surface area contributed by atoms with Gasteiger partial charge in [0.2, 0.25) is 5.91 Å². The lowest BCUT2D eigenvalue weighted by atomic mass is 10.1. The van der Waals surface area contributed by atoms with E-state index in [0.29, 0.717) is 17.0 Å². The molecule has 0 unspecified atom stereocenters. The second-order valence-corrected chi connectivity index (χ2v) is 8.26. The van der Waals surface area contributed by atoms with Crippen LogP contribution in [0.15, 0.2) is 66.7 Å². The van der Waals surface area contributed by atoms with Crippen LogP contribution in [0.3, 0.4) is 0 Å². The Bertz CT molecular complexity index is 1150. The molecule has 3 aromatic rings. The molecular formula is C24H21FN2O3S. The van der Waals surface area contributed by atoms with Gasteiger partial charge in [-0.05, 0) is 60.5 Å². The molecule has 1 N–H and O–H groups in total. The van der Waals surface area contributed by atoms with E-state index in [1.54, 1.807) is 49.6 Å². The topological polar surface area (TPSA) is 58.6 Å². The van der Waals surface area contributed by atoms with Crippen LogP contribution < -0.4 is 15.0 Å². The molecule has 1 aliphatic heterocycles. The molecule has 31 heavy (non-hydrogen) atoms. The van der Waals surface area contributed by atoms with Crippen molar-refractivity contribution in [2.24, 2.45) is 0 Å². The first-order valence-corrected chi connectivity index (χ1v) is 10.8. The molecule has 0 spiro atoms. The normalized spacial score (nSPS) is 15.8. The van der Waals surface area contributed by atoms with Gasteiger partial charge in [-0.1, -0.05) is 24.3 Å². The van der Waals surface area contributed by atoms with Gasteiger partial charge < -0.3 is 10.1 Å². The third kappa shape index (κ3) is 4.41. The van der Waals surface area contributed by atoms with E-state index in [0.717, 1.165) is 11.1 Å². The summed E-state index contributed by atoms with van der Waals surface area (Å²) in [6.07, 6.45) is 0. The summed E-state index contributed by atoms with van der Waals surface area (Å²) < 4.78 is 19.7. The number of anilines is 2. The van der Waals surface area contributed by atoms with Crippen molar-refractivity contribution in [3.63, 3.8) is 0 Å². The lowest BCUT2D eigenvalue weighted by Gasteiger charge is -2.25. The van der Waals surface area contributed by atoms with Gasteiger partial charge >= 0.3 is 0 Å². The number of nitrogens with one attached hydrogen (secondary N) is 1. The van der Waals surface area contributed by atoms with Crippen molar-refractivity contribution < 1.29 is 18.7 Å². The van der Waals surface area contributed by atoms with Crippen LogP contribution in [0.4, 0.5) is 15.8 Å². The maximum absolute atomic E-state index is 14.5.